The first-order valence-electron chi connectivity index (χ1n) is 10.2. The highest BCUT2D eigenvalue weighted by Gasteiger charge is 2.23. The van der Waals surface area contributed by atoms with Gasteiger partial charge in [0.1, 0.15) is 6.54 Å². The van der Waals surface area contributed by atoms with Crippen LogP contribution in [0.4, 0.5) is 4.39 Å². The van der Waals surface area contributed by atoms with Crippen LogP contribution in [0, 0.1) is 11.7 Å². The summed E-state index contributed by atoms with van der Waals surface area (Å²) in [6.45, 7) is 2.66. The van der Waals surface area contributed by atoms with Crippen LogP contribution < -0.4 is 14.8 Å². The molecule has 0 spiro atoms. The van der Waals surface area contributed by atoms with E-state index in [0.717, 1.165) is 12.8 Å². The summed E-state index contributed by atoms with van der Waals surface area (Å²) in [4.78, 5) is 14.8. The maximum absolute atomic E-state index is 13.9. The van der Waals surface area contributed by atoms with Crippen LogP contribution in [0.3, 0.4) is 0 Å². The van der Waals surface area contributed by atoms with Crippen molar-refractivity contribution in [1.82, 2.24) is 10.0 Å². The Morgan fingerprint density at radius 2 is 2.07 bits per heavy atom. The zero-order valence-corrected chi connectivity index (χ0v) is 17.8. The number of hydrogen-bond donors (Lipinski definition) is 2. The third-order valence-electron chi connectivity index (χ3n) is 4.89. The Morgan fingerprint density at radius 3 is 2.77 bits per heavy atom. The number of nitrogens with zero attached hydrogens (tertiary/aromatic N) is 1. The Morgan fingerprint density at radius 1 is 1.27 bits per heavy atom. The van der Waals surface area contributed by atoms with Crippen molar-refractivity contribution in [3.05, 3.63) is 29.6 Å². The third-order valence-corrected chi connectivity index (χ3v) is 6.43. The van der Waals surface area contributed by atoms with E-state index >= 15 is 0 Å². The molecule has 1 atom stereocenters. The molecule has 0 unspecified atom stereocenters. The zero-order chi connectivity index (χ0) is 21.6. The Kier molecular flexibility index (Phi) is 7.65. The monoisotopic (exact) mass is 441 g/mol. The number of hydrogen-bond acceptors (Lipinski definition) is 6. The lowest BCUT2D eigenvalue weighted by Crippen LogP contribution is -2.29. The molecule has 0 saturated heterocycles. The highest BCUT2D eigenvalue weighted by atomic mass is 32.2. The maximum atomic E-state index is 13.9. The van der Waals surface area contributed by atoms with E-state index in [1.807, 2.05) is 0 Å². The number of rotatable bonds is 12. The van der Waals surface area contributed by atoms with Crippen molar-refractivity contribution in [3.63, 3.8) is 0 Å². The second-order valence-electron chi connectivity index (χ2n) is 7.68. The summed E-state index contributed by atoms with van der Waals surface area (Å²) in [7, 11) is -3.48. The number of benzene rings is 1. The fourth-order valence-electron chi connectivity index (χ4n) is 2.95. The van der Waals surface area contributed by atoms with Gasteiger partial charge in [0.15, 0.2) is 11.6 Å². The molecule has 1 heterocycles. The van der Waals surface area contributed by atoms with E-state index in [2.05, 4.69) is 15.0 Å². The first kappa shape index (κ1) is 22.5. The number of sulfonamides is 1. The van der Waals surface area contributed by atoms with Gasteiger partial charge in [-0.25, -0.2) is 22.5 Å². The van der Waals surface area contributed by atoms with Gasteiger partial charge in [-0.2, -0.15) is 0 Å². The van der Waals surface area contributed by atoms with Crippen molar-refractivity contribution in [3.8, 4) is 5.75 Å². The van der Waals surface area contributed by atoms with Gasteiger partial charge in [-0.3, -0.25) is 10.1 Å². The van der Waals surface area contributed by atoms with E-state index in [0.29, 0.717) is 44.0 Å². The number of amides is 1. The van der Waals surface area contributed by atoms with Crippen LogP contribution in [0.5, 0.6) is 5.75 Å². The molecule has 1 amide bonds. The van der Waals surface area contributed by atoms with E-state index in [9.17, 15) is 17.6 Å². The number of halogens is 1. The SMILES string of the molecule is C[C@@H](NS(=O)(=O)CCCCCOC1=NCC(=O)N1)c1ccc(F)c(OCC2CC2)c1. The number of unbranched alkanes of at least 4 members (excludes halogenated alkanes) is 2. The molecule has 8 nitrogen and oxygen atoms in total. The normalized spacial score (nSPS) is 17.4. The number of aliphatic imine (C=N–C) groups is 1. The molecule has 2 aliphatic rings. The first-order valence-corrected chi connectivity index (χ1v) is 11.9. The average molecular weight is 442 g/mol. The van der Waals surface area contributed by atoms with Gasteiger partial charge in [0.25, 0.3) is 6.02 Å². The first-order chi connectivity index (χ1) is 14.3. The molecule has 2 N–H and O–H groups in total. The van der Waals surface area contributed by atoms with Crippen LogP contribution in [0.25, 0.3) is 0 Å². The van der Waals surface area contributed by atoms with Crippen LogP contribution in [-0.4, -0.2) is 45.9 Å². The summed E-state index contributed by atoms with van der Waals surface area (Å²) in [5.74, 6) is 0.00739. The molecular formula is C20H28FN3O5S. The summed E-state index contributed by atoms with van der Waals surface area (Å²) in [6.07, 6.45) is 4.00. The lowest BCUT2D eigenvalue weighted by molar-refractivity contribution is -0.117. The van der Waals surface area contributed by atoms with E-state index in [-0.39, 0.29) is 30.0 Å². The van der Waals surface area contributed by atoms with Gasteiger partial charge in [0.05, 0.1) is 19.0 Å². The topological polar surface area (TPSA) is 106 Å². The van der Waals surface area contributed by atoms with Crippen LogP contribution in [0.15, 0.2) is 23.2 Å². The Hall–Kier alpha value is -2.20. The summed E-state index contributed by atoms with van der Waals surface area (Å²) in [6, 6.07) is 4.16. The summed E-state index contributed by atoms with van der Waals surface area (Å²) in [5, 5.41) is 2.48. The molecule has 30 heavy (non-hydrogen) atoms. The summed E-state index contributed by atoms with van der Waals surface area (Å²) >= 11 is 0. The molecule has 0 bridgehead atoms. The highest BCUT2D eigenvalue weighted by molar-refractivity contribution is 7.89. The lowest BCUT2D eigenvalue weighted by atomic mass is 10.1. The molecule has 3 rings (SSSR count). The predicted octanol–water partition coefficient (Wildman–Crippen LogP) is 2.27. The number of carbonyl (C=O) groups is 1. The molecule has 1 aliphatic heterocycles. The van der Waals surface area contributed by atoms with E-state index in [4.69, 9.17) is 9.47 Å². The number of amidine groups is 1. The minimum Gasteiger partial charge on any atom is -0.490 e. The fraction of sp³-hybridized carbons (Fsp3) is 0.600. The van der Waals surface area contributed by atoms with Crippen LogP contribution in [0.2, 0.25) is 0 Å². The molecule has 1 fully saturated rings. The third kappa shape index (κ3) is 7.24. The van der Waals surface area contributed by atoms with Crippen LogP contribution >= 0.6 is 0 Å². The molecule has 1 aromatic carbocycles. The van der Waals surface area contributed by atoms with Crippen molar-refractivity contribution in [1.29, 1.82) is 0 Å². The van der Waals surface area contributed by atoms with Crippen molar-refractivity contribution in [2.45, 2.75) is 45.1 Å². The molecule has 1 aromatic rings. The summed E-state index contributed by atoms with van der Waals surface area (Å²) < 4.78 is 52.1. The van der Waals surface area contributed by atoms with Gasteiger partial charge < -0.3 is 9.47 Å². The standard InChI is InChI=1S/C20H28FN3O5S/c1-14(16-7-8-17(21)18(11-16)29-13-15-5-6-15)24-30(26,27)10-4-2-3-9-28-20-22-12-19(25)23-20/h7-8,11,14-15,24H,2-6,9-10,12-13H2,1H3,(H,22,23,25)/t14-/m1/s1. The van der Waals surface area contributed by atoms with Crippen molar-refractivity contribution in [2.75, 3.05) is 25.5 Å². The number of nitrogens with one attached hydrogen (secondary N) is 2. The predicted molar refractivity (Wildman–Crippen MR) is 110 cm³/mol. The minimum absolute atomic E-state index is 0.0126. The number of ether oxygens (including phenoxy) is 2. The van der Waals surface area contributed by atoms with Crippen molar-refractivity contribution >= 4 is 22.0 Å². The van der Waals surface area contributed by atoms with Crippen LogP contribution in [-0.2, 0) is 19.6 Å². The van der Waals surface area contributed by atoms with Crippen molar-refractivity contribution in [2.24, 2.45) is 10.9 Å². The second-order valence-corrected chi connectivity index (χ2v) is 9.55. The van der Waals surface area contributed by atoms with E-state index in [1.54, 1.807) is 19.1 Å². The van der Waals surface area contributed by atoms with E-state index in [1.165, 1.54) is 6.07 Å². The fourth-order valence-corrected chi connectivity index (χ4v) is 4.33. The van der Waals surface area contributed by atoms with Crippen molar-refractivity contribution < 1.29 is 27.1 Å². The quantitative estimate of drug-likeness (QED) is 0.484. The van der Waals surface area contributed by atoms with Gasteiger partial charge in [0, 0.05) is 6.04 Å². The summed E-state index contributed by atoms with van der Waals surface area (Å²) in [5.41, 5.74) is 0.651. The molecule has 166 valence electrons. The molecule has 10 heteroatoms. The Labute approximate surface area is 176 Å². The molecule has 1 saturated carbocycles. The molecular weight excluding hydrogens is 413 g/mol. The van der Waals surface area contributed by atoms with Gasteiger partial charge in [0.2, 0.25) is 15.9 Å². The molecule has 0 aromatic heterocycles. The molecule has 0 radical (unpaired) electrons. The smallest absolute Gasteiger partial charge is 0.291 e. The van der Waals surface area contributed by atoms with Gasteiger partial charge in [-0.05, 0) is 62.6 Å². The molecule has 1 aliphatic carbocycles. The Bertz CT molecular complexity index is 886. The van der Waals surface area contributed by atoms with E-state index < -0.39 is 21.9 Å². The van der Waals surface area contributed by atoms with Crippen LogP contribution in [0.1, 0.15) is 50.6 Å². The highest BCUT2D eigenvalue weighted by Crippen LogP contribution is 2.31. The number of carbonyl (C=O) groups excluding carboxylic acids is 1. The zero-order valence-electron chi connectivity index (χ0n) is 17.0. The van der Waals surface area contributed by atoms with Gasteiger partial charge in [-0.1, -0.05) is 6.07 Å². The minimum atomic E-state index is -3.48. The van der Waals surface area contributed by atoms with Gasteiger partial charge in [-0.15, -0.1) is 0 Å². The lowest BCUT2D eigenvalue weighted by Gasteiger charge is -2.16. The average Bonchev–Trinajstić information content (AvgIpc) is 3.43. The Balaban J connectivity index is 1.38. The second kappa shape index (κ2) is 10.2. The largest absolute Gasteiger partial charge is 0.490 e. The maximum Gasteiger partial charge on any atom is 0.291 e. The van der Waals surface area contributed by atoms with Gasteiger partial charge >= 0.3 is 0 Å².